The molecule has 2 atom stereocenters. The van der Waals surface area contributed by atoms with Crippen molar-refractivity contribution in [2.24, 2.45) is 5.92 Å². The van der Waals surface area contributed by atoms with Gasteiger partial charge in [0.1, 0.15) is 12.0 Å². The number of rotatable bonds is 0. The Morgan fingerprint density at radius 1 is 1.26 bits per heavy atom. The van der Waals surface area contributed by atoms with Crippen molar-refractivity contribution >= 4 is 11.6 Å². The van der Waals surface area contributed by atoms with E-state index in [1.54, 1.807) is 19.1 Å². The van der Waals surface area contributed by atoms with Crippen LogP contribution in [0.5, 0.6) is 0 Å². The maximum absolute atomic E-state index is 12.5. The Morgan fingerprint density at radius 3 is 2.26 bits per heavy atom. The van der Waals surface area contributed by atoms with Crippen molar-refractivity contribution in [2.45, 2.75) is 40.3 Å². The third-order valence-corrected chi connectivity index (χ3v) is 3.13. The third kappa shape index (κ3) is 7.48. The summed E-state index contributed by atoms with van der Waals surface area (Å²) in [5.74, 6) is 0.279. The SMILES string of the molecule is CC.CC1CNCC(F)C1.Cc1c(F)cccc1Cl. The molecule has 1 aromatic rings. The molecule has 0 bridgehead atoms. The molecule has 1 N–H and O–H groups in total. The predicted molar refractivity (Wildman–Crippen MR) is 79.0 cm³/mol. The summed E-state index contributed by atoms with van der Waals surface area (Å²) in [4.78, 5) is 0. The van der Waals surface area contributed by atoms with Crippen molar-refractivity contribution < 1.29 is 8.78 Å². The molecule has 19 heavy (non-hydrogen) atoms. The lowest BCUT2D eigenvalue weighted by molar-refractivity contribution is 0.224. The molecule has 4 heteroatoms. The van der Waals surface area contributed by atoms with Crippen molar-refractivity contribution in [3.63, 3.8) is 0 Å². The monoisotopic (exact) mass is 291 g/mol. The van der Waals surface area contributed by atoms with Crippen LogP contribution in [-0.2, 0) is 0 Å². The van der Waals surface area contributed by atoms with Gasteiger partial charge < -0.3 is 5.32 Å². The van der Waals surface area contributed by atoms with E-state index in [4.69, 9.17) is 11.6 Å². The van der Waals surface area contributed by atoms with Gasteiger partial charge in [-0.1, -0.05) is 38.4 Å². The van der Waals surface area contributed by atoms with Gasteiger partial charge in [-0.25, -0.2) is 8.78 Å². The molecular formula is C15H24ClF2N. The normalized spacial score (nSPS) is 21.6. The summed E-state index contributed by atoms with van der Waals surface area (Å²) in [6.45, 7) is 9.27. The van der Waals surface area contributed by atoms with Crippen LogP contribution in [0.25, 0.3) is 0 Å². The first-order valence-corrected chi connectivity index (χ1v) is 7.14. The Balaban J connectivity index is 0.000000303. The molecule has 1 nitrogen and oxygen atoms in total. The van der Waals surface area contributed by atoms with Crippen molar-refractivity contribution in [3.8, 4) is 0 Å². The lowest BCUT2D eigenvalue weighted by Crippen LogP contribution is -2.35. The first-order valence-electron chi connectivity index (χ1n) is 6.76. The highest BCUT2D eigenvalue weighted by Crippen LogP contribution is 2.16. The van der Waals surface area contributed by atoms with Gasteiger partial charge in [0.05, 0.1) is 0 Å². The van der Waals surface area contributed by atoms with Crippen LogP contribution >= 0.6 is 11.6 Å². The maximum atomic E-state index is 12.5. The molecule has 2 unspecified atom stereocenters. The zero-order chi connectivity index (χ0) is 14.8. The average Bonchev–Trinajstić information content (AvgIpc) is 2.39. The van der Waals surface area contributed by atoms with Crippen LogP contribution in [0, 0.1) is 18.7 Å². The molecule has 0 radical (unpaired) electrons. The number of hydrogen-bond acceptors (Lipinski definition) is 1. The molecule has 0 amide bonds. The van der Waals surface area contributed by atoms with Crippen LogP contribution in [0.15, 0.2) is 18.2 Å². The molecular weight excluding hydrogens is 268 g/mol. The highest BCUT2D eigenvalue weighted by atomic mass is 35.5. The van der Waals surface area contributed by atoms with E-state index >= 15 is 0 Å². The summed E-state index contributed by atoms with van der Waals surface area (Å²) in [5, 5.41) is 3.49. The van der Waals surface area contributed by atoms with Gasteiger partial charge in [0.2, 0.25) is 0 Å². The molecule has 1 heterocycles. The molecule has 0 aliphatic carbocycles. The van der Waals surface area contributed by atoms with Gasteiger partial charge in [-0.05, 0) is 37.9 Å². The van der Waals surface area contributed by atoms with Gasteiger partial charge in [0, 0.05) is 17.1 Å². The summed E-state index contributed by atoms with van der Waals surface area (Å²) in [6.07, 6.45) is 0.145. The zero-order valence-electron chi connectivity index (χ0n) is 12.1. The summed E-state index contributed by atoms with van der Waals surface area (Å²) in [6, 6.07) is 4.64. The van der Waals surface area contributed by atoms with Gasteiger partial charge in [-0.3, -0.25) is 0 Å². The zero-order valence-corrected chi connectivity index (χ0v) is 12.9. The Labute approximate surface area is 120 Å². The Kier molecular flexibility index (Phi) is 9.80. The van der Waals surface area contributed by atoms with E-state index in [1.807, 2.05) is 13.8 Å². The van der Waals surface area contributed by atoms with E-state index in [2.05, 4.69) is 12.2 Å². The van der Waals surface area contributed by atoms with Crippen molar-refractivity contribution in [3.05, 3.63) is 34.6 Å². The molecule has 110 valence electrons. The van der Waals surface area contributed by atoms with Crippen LogP contribution in [0.3, 0.4) is 0 Å². The molecule has 0 spiro atoms. The highest BCUT2D eigenvalue weighted by molar-refractivity contribution is 6.31. The molecule has 1 aromatic carbocycles. The Bertz CT molecular complexity index is 330. The van der Waals surface area contributed by atoms with E-state index in [-0.39, 0.29) is 5.82 Å². The van der Waals surface area contributed by atoms with E-state index in [0.29, 0.717) is 23.0 Å². The third-order valence-electron chi connectivity index (χ3n) is 2.72. The highest BCUT2D eigenvalue weighted by Gasteiger charge is 2.16. The fraction of sp³-hybridized carbons (Fsp3) is 0.600. The summed E-state index contributed by atoms with van der Waals surface area (Å²) < 4.78 is 24.9. The second-order valence-corrected chi connectivity index (χ2v) is 4.85. The standard InChI is InChI=1S/C7H6ClF.C6H12FN.C2H6/c1-5-6(8)3-2-4-7(5)9;1-5-2-6(7)4-8-3-5;1-2/h2-4H,1H3;5-6,8H,2-4H2,1H3;1-2H3. The smallest absolute Gasteiger partial charge is 0.127 e. The Morgan fingerprint density at radius 2 is 1.89 bits per heavy atom. The number of piperidine rings is 1. The van der Waals surface area contributed by atoms with Crippen molar-refractivity contribution in [1.82, 2.24) is 5.32 Å². The maximum Gasteiger partial charge on any atom is 0.127 e. The van der Waals surface area contributed by atoms with Crippen molar-refractivity contribution in [1.29, 1.82) is 0 Å². The molecule has 1 aliphatic heterocycles. The average molecular weight is 292 g/mol. The molecule has 1 saturated heterocycles. The fourth-order valence-electron chi connectivity index (χ4n) is 1.67. The van der Waals surface area contributed by atoms with Crippen LogP contribution in [0.4, 0.5) is 8.78 Å². The van der Waals surface area contributed by atoms with E-state index in [9.17, 15) is 8.78 Å². The molecule has 1 aliphatic rings. The first-order chi connectivity index (χ1) is 9.00. The van der Waals surface area contributed by atoms with Gasteiger partial charge >= 0.3 is 0 Å². The summed E-state index contributed by atoms with van der Waals surface area (Å²) in [5.41, 5.74) is 0.513. The molecule has 2 rings (SSSR count). The minimum atomic E-state index is -0.598. The second kappa shape index (κ2) is 10.2. The molecule has 0 aromatic heterocycles. The number of halogens is 3. The van der Waals surface area contributed by atoms with E-state index in [1.165, 1.54) is 6.07 Å². The molecule has 1 fully saturated rings. The fourth-order valence-corrected chi connectivity index (χ4v) is 1.83. The second-order valence-electron chi connectivity index (χ2n) is 4.44. The lowest BCUT2D eigenvalue weighted by atomic mass is 10.0. The number of nitrogens with one attached hydrogen (secondary N) is 1. The largest absolute Gasteiger partial charge is 0.314 e. The van der Waals surface area contributed by atoms with Gasteiger partial charge in [0.15, 0.2) is 0 Å². The van der Waals surface area contributed by atoms with Gasteiger partial charge in [-0.2, -0.15) is 0 Å². The number of hydrogen-bond donors (Lipinski definition) is 1. The van der Waals surface area contributed by atoms with Crippen LogP contribution in [0.2, 0.25) is 5.02 Å². The summed E-state index contributed by atoms with van der Waals surface area (Å²) in [7, 11) is 0. The first kappa shape index (κ1) is 18.3. The van der Waals surface area contributed by atoms with Crippen LogP contribution in [0.1, 0.15) is 32.8 Å². The lowest BCUT2D eigenvalue weighted by Gasteiger charge is -2.21. The minimum Gasteiger partial charge on any atom is -0.314 e. The molecule has 0 saturated carbocycles. The van der Waals surface area contributed by atoms with Crippen LogP contribution < -0.4 is 5.32 Å². The van der Waals surface area contributed by atoms with Crippen molar-refractivity contribution in [2.75, 3.05) is 13.1 Å². The summed E-state index contributed by atoms with van der Waals surface area (Å²) >= 11 is 5.57. The predicted octanol–water partition coefficient (Wildman–Crippen LogP) is 4.77. The topological polar surface area (TPSA) is 12.0 Å². The number of benzene rings is 1. The van der Waals surface area contributed by atoms with E-state index in [0.717, 1.165) is 13.0 Å². The Hall–Kier alpha value is -0.670. The van der Waals surface area contributed by atoms with Crippen LogP contribution in [-0.4, -0.2) is 19.3 Å². The quantitative estimate of drug-likeness (QED) is 0.726. The van der Waals surface area contributed by atoms with E-state index < -0.39 is 6.17 Å². The minimum absolute atomic E-state index is 0.248. The van der Waals surface area contributed by atoms with Gasteiger partial charge in [-0.15, -0.1) is 0 Å². The number of alkyl halides is 1. The van der Waals surface area contributed by atoms with Gasteiger partial charge in [0.25, 0.3) is 0 Å².